The van der Waals surface area contributed by atoms with Crippen molar-refractivity contribution in [3.63, 3.8) is 0 Å². The molecule has 0 saturated carbocycles. The van der Waals surface area contributed by atoms with Crippen LogP contribution in [0.1, 0.15) is 11.4 Å². The maximum atomic E-state index is 9.84. The van der Waals surface area contributed by atoms with Crippen molar-refractivity contribution in [3.8, 4) is 5.75 Å². The molecule has 1 aromatic heterocycles. The van der Waals surface area contributed by atoms with Gasteiger partial charge < -0.3 is 15.2 Å². The number of rotatable bonds is 7. The predicted octanol–water partition coefficient (Wildman–Crippen LogP) is 1.97. The summed E-state index contributed by atoms with van der Waals surface area (Å²) in [6, 6.07) is 7.03. The zero-order valence-electron chi connectivity index (χ0n) is 11.8. The molecule has 1 unspecified atom stereocenters. The average molecular weight is 308 g/mol. The van der Waals surface area contributed by atoms with Crippen LogP contribution in [-0.2, 0) is 6.54 Å². The molecule has 0 bridgehead atoms. The zero-order chi connectivity index (χ0) is 15.1. The van der Waals surface area contributed by atoms with Crippen LogP contribution in [0, 0.1) is 6.92 Å². The number of aromatic nitrogens is 2. The van der Waals surface area contributed by atoms with E-state index in [9.17, 15) is 5.11 Å². The molecule has 5 nitrogen and oxygen atoms in total. The minimum absolute atomic E-state index is 0.216. The van der Waals surface area contributed by atoms with Gasteiger partial charge in [-0.05, 0) is 31.2 Å². The lowest BCUT2D eigenvalue weighted by Gasteiger charge is -2.13. The van der Waals surface area contributed by atoms with Crippen LogP contribution < -0.4 is 10.1 Å². The fourth-order valence-electron chi connectivity index (χ4n) is 1.66. The van der Waals surface area contributed by atoms with Crippen molar-refractivity contribution in [1.29, 1.82) is 0 Å². The Hall–Kier alpha value is -1.69. The number of hydrogen-bond acceptors (Lipinski definition) is 5. The van der Waals surface area contributed by atoms with Gasteiger partial charge in [-0.2, -0.15) is 0 Å². The Balaban J connectivity index is 1.66. The number of aliphatic hydroxyl groups is 1. The maximum Gasteiger partial charge on any atom is 0.119 e. The first-order valence-corrected chi connectivity index (χ1v) is 7.06. The molecule has 0 aliphatic rings. The van der Waals surface area contributed by atoms with E-state index in [1.807, 2.05) is 6.92 Å². The van der Waals surface area contributed by atoms with Gasteiger partial charge in [-0.3, -0.25) is 9.97 Å². The highest BCUT2D eigenvalue weighted by Crippen LogP contribution is 2.15. The van der Waals surface area contributed by atoms with Gasteiger partial charge in [0.05, 0.1) is 11.4 Å². The molecular weight excluding hydrogens is 290 g/mol. The normalized spacial score (nSPS) is 12.1. The lowest BCUT2D eigenvalue weighted by molar-refractivity contribution is 0.106. The third-order valence-electron chi connectivity index (χ3n) is 2.78. The van der Waals surface area contributed by atoms with Gasteiger partial charge in [0, 0.05) is 30.5 Å². The highest BCUT2D eigenvalue weighted by molar-refractivity contribution is 6.30. The minimum atomic E-state index is -0.598. The van der Waals surface area contributed by atoms with Crippen molar-refractivity contribution >= 4 is 11.6 Å². The molecule has 21 heavy (non-hydrogen) atoms. The summed E-state index contributed by atoms with van der Waals surface area (Å²) in [7, 11) is 0. The van der Waals surface area contributed by atoms with E-state index in [1.165, 1.54) is 0 Å². The van der Waals surface area contributed by atoms with E-state index in [4.69, 9.17) is 16.3 Å². The number of ether oxygens (including phenoxy) is 1. The molecule has 112 valence electrons. The van der Waals surface area contributed by atoms with E-state index >= 15 is 0 Å². The van der Waals surface area contributed by atoms with Gasteiger partial charge in [0.2, 0.25) is 0 Å². The first kappa shape index (κ1) is 15.7. The number of nitrogens with one attached hydrogen (secondary N) is 1. The van der Waals surface area contributed by atoms with Crippen LogP contribution in [0.3, 0.4) is 0 Å². The SMILES string of the molecule is Cc1cnc(CNCC(O)COc2ccc(Cl)cc2)cn1. The molecule has 2 aromatic rings. The second-order valence-electron chi connectivity index (χ2n) is 4.70. The molecule has 0 radical (unpaired) electrons. The topological polar surface area (TPSA) is 67.3 Å². The predicted molar refractivity (Wildman–Crippen MR) is 81.4 cm³/mol. The molecular formula is C15H18ClN3O2. The first-order valence-electron chi connectivity index (χ1n) is 6.68. The van der Waals surface area contributed by atoms with Gasteiger partial charge in [0.15, 0.2) is 0 Å². The number of aryl methyl sites for hydroxylation is 1. The standard InChI is InChI=1S/C15H18ClN3O2/c1-11-6-19-13(8-18-11)7-17-9-14(20)10-21-15-4-2-12(16)3-5-15/h2-6,8,14,17,20H,7,9-10H2,1H3. The molecule has 0 amide bonds. The summed E-state index contributed by atoms with van der Waals surface area (Å²) < 4.78 is 5.46. The van der Waals surface area contributed by atoms with Crippen LogP contribution in [0.5, 0.6) is 5.75 Å². The monoisotopic (exact) mass is 307 g/mol. The second-order valence-corrected chi connectivity index (χ2v) is 5.14. The van der Waals surface area contributed by atoms with Gasteiger partial charge in [0.25, 0.3) is 0 Å². The summed E-state index contributed by atoms with van der Waals surface area (Å²) in [5.74, 6) is 0.683. The van der Waals surface area contributed by atoms with Crippen molar-refractivity contribution in [2.24, 2.45) is 0 Å². The van der Waals surface area contributed by atoms with E-state index in [-0.39, 0.29) is 6.61 Å². The highest BCUT2D eigenvalue weighted by atomic mass is 35.5. The lowest BCUT2D eigenvalue weighted by atomic mass is 10.3. The van der Waals surface area contributed by atoms with Crippen molar-refractivity contribution in [1.82, 2.24) is 15.3 Å². The van der Waals surface area contributed by atoms with Crippen LogP contribution in [0.15, 0.2) is 36.7 Å². The highest BCUT2D eigenvalue weighted by Gasteiger charge is 2.05. The number of hydrogen-bond donors (Lipinski definition) is 2. The molecule has 0 aliphatic carbocycles. The Labute approximate surface area is 129 Å². The molecule has 1 atom stereocenters. The quantitative estimate of drug-likeness (QED) is 0.818. The molecule has 1 aromatic carbocycles. The van der Waals surface area contributed by atoms with Gasteiger partial charge in [-0.25, -0.2) is 0 Å². The smallest absolute Gasteiger partial charge is 0.119 e. The van der Waals surface area contributed by atoms with E-state index in [0.29, 0.717) is 23.9 Å². The summed E-state index contributed by atoms with van der Waals surface area (Å²) in [6.45, 7) is 3.09. The molecule has 2 rings (SSSR count). The van der Waals surface area contributed by atoms with Crippen molar-refractivity contribution in [3.05, 3.63) is 53.1 Å². The van der Waals surface area contributed by atoms with Crippen molar-refractivity contribution < 1.29 is 9.84 Å². The zero-order valence-corrected chi connectivity index (χ0v) is 12.5. The third-order valence-corrected chi connectivity index (χ3v) is 3.03. The third kappa shape index (κ3) is 5.67. The number of halogens is 1. The van der Waals surface area contributed by atoms with Gasteiger partial charge in [-0.15, -0.1) is 0 Å². The van der Waals surface area contributed by atoms with E-state index in [0.717, 1.165) is 11.4 Å². The molecule has 0 aliphatic heterocycles. The summed E-state index contributed by atoms with van der Waals surface area (Å²) >= 11 is 5.78. The van der Waals surface area contributed by atoms with Crippen LogP contribution in [-0.4, -0.2) is 34.3 Å². The lowest BCUT2D eigenvalue weighted by Crippen LogP contribution is -2.31. The molecule has 6 heteroatoms. The van der Waals surface area contributed by atoms with Gasteiger partial charge >= 0.3 is 0 Å². The second kappa shape index (κ2) is 7.93. The van der Waals surface area contributed by atoms with Gasteiger partial charge in [-0.1, -0.05) is 11.6 Å². The molecule has 0 spiro atoms. The maximum absolute atomic E-state index is 9.84. The number of benzene rings is 1. The Morgan fingerprint density at radius 1 is 1.24 bits per heavy atom. The van der Waals surface area contributed by atoms with E-state index in [2.05, 4.69) is 15.3 Å². The van der Waals surface area contributed by atoms with Gasteiger partial charge in [0.1, 0.15) is 18.5 Å². The fourth-order valence-corrected chi connectivity index (χ4v) is 1.79. The average Bonchev–Trinajstić information content (AvgIpc) is 2.49. The summed E-state index contributed by atoms with van der Waals surface area (Å²) in [5.41, 5.74) is 1.72. The summed E-state index contributed by atoms with van der Waals surface area (Å²) in [4.78, 5) is 8.39. The Morgan fingerprint density at radius 3 is 2.67 bits per heavy atom. The van der Waals surface area contributed by atoms with Crippen LogP contribution in [0.25, 0.3) is 0 Å². The van der Waals surface area contributed by atoms with Crippen LogP contribution in [0.2, 0.25) is 5.02 Å². The summed E-state index contributed by atoms with van der Waals surface area (Å²) in [6.07, 6.45) is 2.84. The molecule has 2 N–H and O–H groups in total. The molecule has 0 fully saturated rings. The fraction of sp³-hybridized carbons (Fsp3) is 0.333. The Kier molecular flexibility index (Phi) is 5.92. The molecule has 0 saturated heterocycles. The van der Waals surface area contributed by atoms with Crippen molar-refractivity contribution in [2.45, 2.75) is 19.6 Å². The number of nitrogens with zero attached hydrogens (tertiary/aromatic N) is 2. The summed E-state index contributed by atoms with van der Waals surface area (Å²) in [5, 5.41) is 13.6. The largest absolute Gasteiger partial charge is 0.491 e. The minimum Gasteiger partial charge on any atom is -0.491 e. The Morgan fingerprint density at radius 2 is 2.00 bits per heavy atom. The van der Waals surface area contributed by atoms with Crippen LogP contribution in [0.4, 0.5) is 0 Å². The van der Waals surface area contributed by atoms with E-state index in [1.54, 1.807) is 36.7 Å². The first-order chi connectivity index (χ1) is 10.1. The number of aliphatic hydroxyl groups excluding tert-OH is 1. The van der Waals surface area contributed by atoms with E-state index < -0.39 is 6.10 Å². The molecule has 1 heterocycles. The van der Waals surface area contributed by atoms with Crippen molar-refractivity contribution in [2.75, 3.05) is 13.2 Å². The Bertz CT molecular complexity index is 546. The van der Waals surface area contributed by atoms with Crippen LogP contribution >= 0.6 is 11.6 Å².